The van der Waals surface area contributed by atoms with Crippen LogP contribution in [0.3, 0.4) is 0 Å². The molecule has 1 N–H and O–H groups in total. The molecule has 1 aromatic heterocycles. The van der Waals surface area contributed by atoms with Gasteiger partial charge < -0.3 is 29.2 Å². The van der Waals surface area contributed by atoms with Gasteiger partial charge in [0.1, 0.15) is 12.4 Å². The molecule has 1 fully saturated rings. The van der Waals surface area contributed by atoms with E-state index < -0.39 is 12.0 Å². The van der Waals surface area contributed by atoms with Gasteiger partial charge in [-0.1, -0.05) is 6.07 Å². The van der Waals surface area contributed by atoms with Crippen molar-refractivity contribution in [3.05, 3.63) is 41.4 Å². The summed E-state index contributed by atoms with van der Waals surface area (Å²) in [4.78, 5) is 31.2. The van der Waals surface area contributed by atoms with Crippen LogP contribution in [0.25, 0.3) is 0 Å². The lowest BCUT2D eigenvalue weighted by molar-refractivity contribution is -0.139. The van der Waals surface area contributed by atoms with E-state index in [1.165, 1.54) is 13.4 Å². The van der Waals surface area contributed by atoms with Gasteiger partial charge in [0.25, 0.3) is 5.91 Å². The van der Waals surface area contributed by atoms with E-state index in [2.05, 4.69) is 15.4 Å². The number of morpholine rings is 1. The lowest BCUT2D eigenvalue weighted by Gasteiger charge is -2.28. The number of aromatic nitrogens is 3. The van der Waals surface area contributed by atoms with Crippen molar-refractivity contribution >= 4 is 17.8 Å². The molecule has 3 heterocycles. The van der Waals surface area contributed by atoms with Crippen LogP contribution in [-0.2, 0) is 19.1 Å². The Labute approximate surface area is 191 Å². The molecule has 0 aliphatic carbocycles. The molecule has 4 rings (SSSR count). The zero-order chi connectivity index (χ0) is 23.4. The normalized spacial score (nSPS) is 17.8. The highest BCUT2D eigenvalue weighted by Gasteiger charge is 2.34. The van der Waals surface area contributed by atoms with Crippen molar-refractivity contribution in [3.63, 3.8) is 0 Å². The Kier molecular flexibility index (Phi) is 6.78. The predicted octanol–water partition coefficient (Wildman–Crippen LogP) is 1.38. The van der Waals surface area contributed by atoms with E-state index in [1.807, 2.05) is 6.07 Å². The second-order valence-corrected chi connectivity index (χ2v) is 7.51. The number of carbonyl (C=O) groups is 2. The Hall–Kier alpha value is -3.60. The maximum absolute atomic E-state index is 12.8. The first-order chi connectivity index (χ1) is 16.0. The molecule has 11 nitrogen and oxygen atoms in total. The van der Waals surface area contributed by atoms with Crippen LogP contribution < -0.4 is 14.8 Å². The minimum atomic E-state index is -0.569. The number of anilines is 1. The number of rotatable bonds is 7. The van der Waals surface area contributed by atoms with Crippen molar-refractivity contribution in [1.29, 1.82) is 0 Å². The summed E-state index contributed by atoms with van der Waals surface area (Å²) in [6.45, 7) is 5.85. The molecule has 33 heavy (non-hydrogen) atoms. The summed E-state index contributed by atoms with van der Waals surface area (Å²) in [6, 6.07) is 4.73. The molecule has 2 aromatic rings. The van der Waals surface area contributed by atoms with E-state index in [4.69, 9.17) is 18.9 Å². The molecular formula is C22H27N5O6. The molecule has 1 atom stereocenters. The summed E-state index contributed by atoms with van der Waals surface area (Å²) < 4.78 is 23.5. The quantitative estimate of drug-likeness (QED) is 0.615. The molecule has 2 aliphatic heterocycles. The fourth-order valence-electron chi connectivity index (χ4n) is 3.89. The van der Waals surface area contributed by atoms with E-state index >= 15 is 0 Å². The third-order valence-electron chi connectivity index (χ3n) is 5.51. The summed E-state index contributed by atoms with van der Waals surface area (Å²) in [5.41, 5.74) is 1.79. The van der Waals surface area contributed by atoms with Crippen LogP contribution >= 0.6 is 0 Å². The van der Waals surface area contributed by atoms with Gasteiger partial charge in [-0.25, -0.2) is 9.48 Å². The van der Waals surface area contributed by atoms with Crippen molar-refractivity contribution < 1.29 is 28.5 Å². The number of nitrogens with zero attached hydrogens (tertiary/aromatic N) is 4. The van der Waals surface area contributed by atoms with E-state index in [0.29, 0.717) is 55.0 Å². The first kappa shape index (κ1) is 22.6. The summed E-state index contributed by atoms with van der Waals surface area (Å²) in [6.07, 6.45) is 1.42. The summed E-state index contributed by atoms with van der Waals surface area (Å²) in [5.74, 6) is 0.820. The molecule has 0 spiro atoms. The van der Waals surface area contributed by atoms with E-state index in [1.54, 1.807) is 35.6 Å². The van der Waals surface area contributed by atoms with Gasteiger partial charge in [-0.3, -0.25) is 4.79 Å². The molecular weight excluding hydrogens is 430 g/mol. The van der Waals surface area contributed by atoms with Crippen molar-refractivity contribution in [1.82, 2.24) is 19.7 Å². The van der Waals surface area contributed by atoms with Crippen LogP contribution in [0, 0.1) is 0 Å². The number of esters is 1. The predicted molar refractivity (Wildman–Crippen MR) is 117 cm³/mol. The number of amides is 1. The lowest BCUT2D eigenvalue weighted by atomic mass is 9.95. The van der Waals surface area contributed by atoms with Gasteiger partial charge in [0.2, 0.25) is 5.95 Å². The van der Waals surface area contributed by atoms with E-state index in [-0.39, 0.29) is 19.1 Å². The molecule has 1 saturated heterocycles. The molecule has 0 bridgehead atoms. The minimum Gasteiger partial charge on any atom is -0.493 e. The molecule has 0 unspecified atom stereocenters. The number of carbonyl (C=O) groups excluding carboxylic acids is 2. The minimum absolute atomic E-state index is 0.108. The van der Waals surface area contributed by atoms with Gasteiger partial charge in [0, 0.05) is 18.8 Å². The topological polar surface area (TPSA) is 117 Å². The van der Waals surface area contributed by atoms with E-state index in [0.717, 1.165) is 5.56 Å². The number of hydrogen-bond acceptors (Lipinski definition) is 9. The molecule has 2 aliphatic rings. The Morgan fingerprint density at radius 1 is 1.24 bits per heavy atom. The average molecular weight is 457 g/mol. The maximum atomic E-state index is 12.8. The first-order valence-electron chi connectivity index (χ1n) is 10.7. The number of allylic oxidation sites excluding steroid dienone is 1. The highest BCUT2D eigenvalue weighted by molar-refractivity contribution is 5.92. The Morgan fingerprint density at radius 2 is 2.03 bits per heavy atom. The molecule has 11 heteroatoms. The molecule has 1 aromatic carbocycles. The monoisotopic (exact) mass is 457 g/mol. The van der Waals surface area contributed by atoms with Crippen molar-refractivity contribution in [2.45, 2.75) is 19.9 Å². The Balaban J connectivity index is 1.60. The zero-order valence-electron chi connectivity index (χ0n) is 18.9. The highest BCUT2D eigenvalue weighted by Crippen LogP contribution is 2.38. The first-order valence-corrected chi connectivity index (χ1v) is 10.7. The molecule has 176 valence electrons. The second-order valence-electron chi connectivity index (χ2n) is 7.51. The number of hydrogen-bond donors (Lipinski definition) is 1. The third-order valence-corrected chi connectivity index (χ3v) is 5.51. The molecule has 1 amide bonds. The van der Waals surface area contributed by atoms with Gasteiger partial charge >= 0.3 is 5.97 Å². The maximum Gasteiger partial charge on any atom is 0.338 e. The second kappa shape index (κ2) is 9.90. The van der Waals surface area contributed by atoms with Crippen LogP contribution in [0.4, 0.5) is 5.95 Å². The number of nitrogens with one attached hydrogen (secondary N) is 1. The van der Waals surface area contributed by atoms with Gasteiger partial charge in [-0.2, -0.15) is 10.1 Å². The van der Waals surface area contributed by atoms with Crippen molar-refractivity contribution in [2.75, 3.05) is 51.9 Å². The molecule has 0 radical (unpaired) electrons. The van der Waals surface area contributed by atoms with Crippen LogP contribution in [-0.4, -0.2) is 78.2 Å². The van der Waals surface area contributed by atoms with Crippen molar-refractivity contribution in [2.24, 2.45) is 0 Å². The van der Waals surface area contributed by atoms with Gasteiger partial charge in [-0.05, 0) is 31.5 Å². The Morgan fingerprint density at radius 3 is 2.76 bits per heavy atom. The SMILES string of the molecule is CCOC(=O)C1=C(C)Nc2ncnn2[C@@H]1c1ccc(OCC(=O)N2CCOCC2)c(OC)c1. The van der Waals surface area contributed by atoms with Gasteiger partial charge in [0.05, 0.1) is 32.5 Å². The van der Waals surface area contributed by atoms with Crippen LogP contribution in [0.15, 0.2) is 35.8 Å². The summed E-state index contributed by atoms with van der Waals surface area (Å²) in [5, 5.41) is 7.39. The molecule has 0 saturated carbocycles. The van der Waals surface area contributed by atoms with E-state index in [9.17, 15) is 9.59 Å². The third kappa shape index (κ3) is 4.63. The van der Waals surface area contributed by atoms with Crippen LogP contribution in [0.2, 0.25) is 0 Å². The van der Waals surface area contributed by atoms with Crippen LogP contribution in [0.5, 0.6) is 11.5 Å². The number of methoxy groups -OCH3 is 1. The smallest absolute Gasteiger partial charge is 0.338 e. The Bertz CT molecular complexity index is 1060. The fourth-order valence-corrected chi connectivity index (χ4v) is 3.89. The van der Waals surface area contributed by atoms with Gasteiger partial charge in [0.15, 0.2) is 18.1 Å². The average Bonchev–Trinajstić information content (AvgIpc) is 3.30. The fraction of sp³-hybridized carbons (Fsp3) is 0.455. The summed E-state index contributed by atoms with van der Waals surface area (Å²) >= 11 is 0. The summed E-state index contributed by atoms with van der Waals surface area (Å²) in [7, 11) is 1.52. The highest BCUT2D eigenvalue weighted by atomic mass is 16.5. The largest absolute Gasteiger partial charge is 0.493 e. The lowest BCUT2D eigenvalue weighted by Crippen LogP contribution is -2.43. The van der Waals surface area contributed by atoms with Gasteiger partial charge in [-0.15, -0.1) is 0 Å². The number of benzene rings is 1. The van der Waals surface area contributed by atoms with Crippen molar-refractivity contribution in [3.8, 4) is 11.5 Å². The number of ether oxygens (including phenoxy) is 4. The zero-order valence-corrected chi connectivity index (χ0v) is 18.9. The van der Waals surface area contributed by atoms with Crippen LogP contribution in [0.1, 0.15) is 25.5 Å². The standard InChI is InChI=1S/C22H27N5O6/c1-4-32-21(29)19-14(2)25-22-23-13-24-27(22)20(19)15-5-6-16(17(11-15)30-3)33-12-18(28)26-7-9-31-10-8-26/h5-6,11,13,20H,4,7-10,12H2,1-3H3,(H,23,24,25)/t20-/m1/s1. The number of fused-ring (bicyclic) bond motifs is 1.